The van der Waals surface area contributed by atoms with Crippen molar-refractivity contribution in [2.75, 3.05) is 43.4 Å². The lowest BCUT2D eigenvalue weighted by atomic mass is 10.0. The first kappa shape index (κ1) is 47.3. The molecule has 1 aromatic heterocycles. The minimum absolute atomic E-state index is 0.00761. The second-order valence-electron chi connectivity index (χ2n) is 15.5. The quantitative estimate of drug-likeness (QED) is 0.0798. The van der Waals surface area contributed by atoms with Crippen molar-refractivity contribution >= 4 is 93.6 Å². The maximum atomic E-state index is 13.3. The van der Waals surface area contributed by atoms with Gasteiger partial charge in [-0.25, -0.2) is 0 Å². The van der Waals surface area contributed by atoms with Gasteiger partial charge in [-0.05, 0) is 61.7 Å². The van der Waals surface area contributed by atoms with E-state index in [1.54, 1.807) is 29.2 Å². The van der Waals surface area contributed by atoms with Gasteiger partial charge >= 0.3 is 0 Å². The van der Waals surface area contributed by atoms with Gasteiger partial charge in [-0.3, -0.25) is 63.3 Å². The second kappa shape index (κ2) is 21.1. The van der Waals surface area contributed by atoms with Crippen LogP contribution < -0.4 is 36.6 Å². The summed E-state index contributed by atoms with van der Waals surface area (Å²) in [6, 6.07) is 13.6. The fraction of sp³-hybridized carbons (Fsp3) is 0.295. The molecule has 7 N–H and O–H groups in total. The molecule has 1 unspecified atom stereocenters. The summed E-state index contributed by atoms with van der Waals surface area (Å²) >= 11 is 12.3. The molecule has 0 radical (unpaired) electrons. The predicted octanol–water partition coefficient (Wildman–Crippen LogP) is 2.43. The van der Waals surface area contributed by atoms with Crippen molar-refractivity contribution in [1.29, 1.82) is 0 Å². The number of likely N-dealkylation sites (tertiary alicyclic amines) is 1. The summed E-state index contributed by atoms with van der Waals surface area (Å²) in [6.07, 6.45) is 2.05. The highest BCUT2D eigenvalue weighted by atomic mass is 35.5. The van der Waals surface area contributed by atoms with E-state index >= 15 is 0 Å². The summed E-state index contributed by atoms with van der Waals surface area (Å²) in [5.74, 6) is -5.69. The number of H-pyrrole nitrogens is 1. The zero-order valence-electron chi connectivity index (χ0n) is 35.4. The van der Waals surface area contributed by atoms with Crippen LogP contribution >= 0.6 is 23.2 Å². The van der Waals surface area contributed by atoms with Gasteiger partial charge in [-0.1, -0.05) is 41.4 Å². The lowest BCUT2D eigenvalue weighted by molar-refractivity contribution is -0.136. The van der Waals surface area contributed by atoms with Crippen LogP contribution in [0, 0.1) is 0 Å². The summed E-state index contributed by atoms with van der Waals surface area (Å²) < 4.78 is 5.57. The Morgan fingerprint density at radius 3 is 2.24 bits per heavy atom. The fourth-order valence-corrected chi connectivity index (χ4v) is 8.17. The fourth-order valence-electron chi connectivity index (χ4n) is 7.60. The van der Waals surface area contributed by atoms with Gasteiger partial charge in [0.05, 0.1) is 38.6 Å². The minimum atomic E-state index is -1.16. The Hall–Kier alpha value is -7.65. The van der Waals surface area contributed by atoms with Gasteiger partial charge in [0.25, 0.3) is 35.4 Å². The Kier molecular flexibility index (Phi) is 14.9. The van der Waals surface area contributed by atoms with Crippen LogP contribution in [0.2, 0.25) is 10.0 Å². The van der Waals surface area contributed by atoms with Crippen molar-refractivity contribution in [2.45, 2.75) is 50.6 Å². The monoisotopic (exact) mass is 956 g/mol. The molecule has 10 amide bonds. The Balaban J connectivity index is 0.786. The maximum Gasteiger partial charge on any atom is 0.271 e. The average molecular weight is 958 g/mol. The highest BCUT2D eigenvalue weighted by Crippen LogP contribution is 2.34. The number of halogens is 2. The topological polar surface area (TPSA) is 287 Å². The number of carbonyl (C=O) groups excluding carboxylic acids is 10. The average Bonchev–Trinajstić information content (AvgIpc) is 3.87. The van der Waals surface area contributed by atoms with Crippen molar-refractivity contribution in [1.82, 2.24) is 41.3 Å². The van der Waals surface area contributed by atoms with E-state index in [-0.39, 0.29) is 100 Å². The molecule has 2 saturated heterocycles. The van der Waals surface area contributed by atoms with Crippen molar-refractivity contribution in [2.24, 2.45) is 0 Å². The molecule has 3 aromatic carbocycles. The number of hydrogen-bond acceptors (Lipinski definition) is 12. The Labute approximate surface area is 391 Å². The molecule has 2 fully saturated rings. The van der Waals surface area contributed by atoms with Gasteiger partial charge in [0, 0.05) is 62.7 Å². The number of anilines is 2. The minimum Gasteiger partial charge on any atom is -0.483 e. The highest BCUT2D eigenvalue weighted by molar-refractivity contribution is 6.40. The van der Waals surface area contributed by atoms with Crippen LogP contribution in [0.4, 0.5) is 11.4 Å². The van der Waals surface area contributed by atoms with Gasteiger partial charge in [-0.2, -0.15) is 5.10 Å². The lowest BCUT2D eigenvalue weighted by Gasteiger charge is -2.32. The Bertz CT molecular complexity index is 2660. The Morgan fingerprint density at radius 2 is 1.49 bits per heavy atom. The molecule has 1 atom stereocenters. The van der Waals surface area contributed by atoms with Crippen molar-refractivity contribution in [3.8, 4) is 5.75 Å². The first-order chi connectivity index (χ1) is 32.2. The van der Waals surface area contributed by atoms with E-state index in [9.17, 15) is 47.9 Å². The number of aromatic nitrogens is 2. The lowest BCUT2D eigenvalue weighted by Crippen LogP contribution is -2.54. The van der Waals surface area contributed by atoms with Crippen LogP contribution in [0.3, 0.4) is 0 Å². The summed E-state index contributed by atoms with van der Waals surface area (Å²) in [7, 11) is 0. The van der Waals surface area contributed by atoms with Gasteiger partial charge in [0.15, 0.2) is 6.61 Å². The van der Waals surface area contributed by atoms with Crippen molar-refractivity contribution < 1.29 is 52.7 Å². The van der Waals surface area contributed by atoms with Gasteiger partial charge in [0.2, 0.25) is 23.6 Å². The number of rotatable bonds is 16. The molecule has 3 aliphatic rings. The number of amides is 10. The van der Waals surface area contributed by atoms with Crippen molar-refractivity contribution in [3.63, 3.8) is 0 Å². The molecule has 23 heteroatoms. The number of nitrogens with one attached hydrogen (secondary N) is 7. The van der Waals surface area contributed by atoms with Crippen molar-refractivity contribution in [3.05, 3.63) is 105 Å². The molecule has 21 nitrogen and oxygen atoms in total. The standard InChI is InChI=1S/C44H42Cl2N10O11/c45-27-7-3-8-28(46)37(27)41(63)52-29-21-49-54-38(29)42(64)51-24-14-18-55(19-15-24)35(60)13-17-48-39(61)23-4-1-5-25(20-23)50-33(58)12-16-47-34(59)22-67-31-9-2-6-26-36(31)44(66)56(43(26)65)30-10-11-32(57)53-40(30)62/h1-9,20-21,24,30H,10-19,22H2,(H,47,59)(H,48,61)(H,49,54)(H,50,58)(H,51,64)(H,52,63)(H,53,57,62). The molecule has 0 aliphatic carbocycles. The van der Waals surface area contributed by atoms with Crippen LogP contribution in [0.25, 0.3) is 0 Å². The van der Waals surface area contributed by atoms with Crippen LogP contribution in [0.5, 0.6) is 5.75 Å². The molecule has 0 spiro atoms. The Morgan fingerprint density at radius 1 is 0.776 bits per heavy atom. The van der Waals surface area contributed by atoms with Crippen LogP contribution in [0.15, 0.2) is 66.9 Å². The molecule has 4 heterocycles. The number of aromatic amines is 1. The summed E-state index contributed by atoms with van der Waals surface area (Å²) in [5.41, 5.74) is 0.647. The van der Waals surface area contributed by atoms with E-state index in [0.717, 1.165) is 4.90 Å². The number of nitrogens with zero attached hydrogens (tertiary/aromatic N) is 3. The van der Waals surface area contributed by atoms with E-state index in [1.807, 2.05) is 0 Å². The van der Waals surface area contributed by atoms with Crippen LogP contribution in [-0.4, -0.2) is 124 Å². The molecular weight excluding hydrogens is 915 g/mol. The third kappa shape index (κ3) is 11.2. The van der Waals surface area contributed by atoms with E-state index in [1.165, 1.54) is 42.6 Å². The van der Waals surface area contributed by atoms with Gasteiger partial charge in [-0.15, -0.1) is 0 Å². The van der Waals surface area contributed by atoms with Gasteiger partial charge < -0.3 is 36.2 Å². The number of imide groups is 2. The molecule has 3 aliphatic heterocycles. The zero-order chi connectivity index (χ0) is 47.8. The SMILES string of the molecule is O=C(COc1cccc2c1C(=O)N(C1CCC(=O)NC1=O)C2=O)NCCC(=O)Nc1cccc(C(=O)NCCC(=O)N2CCC(NC(=O)c3[nH]ncc3NC(=O)c3c(Cl)cccc3Cl)CC2)c1. The number of hydrogen-bond donors (Lipinski definition) is 7. The molecule has 7 rings (SSSR count). The summed E-state index contributed by atoms with van der Waals surface area (Å²) in [5, 5.41) is 22.3. The molecule has 67 heavy (non-hydrogen) atoms. The first-order valence-corrected chi connectivity index (χ1v) is 21.7. The highest BCUT2D eigenvalue weighted by Gasteiger charge is 2.46. The number of fused-ring (bicyclic) bond motifs is 1. The molecular formula is C44H42Cl2N10O11. The predicted molar refractivity (Wildman–Crippen MR) is 238 cm³/mol. The maximum absolute atomic E-state index is 13.3. The summed E-state index contributed by atoms with van der Waals surface area (Å²) in [6.45, 7) is 0.135. The molecule has 0 bridgehead atoms. The third-order valence-electron chi connectivity index (χ3n) is 11.0. The molecule has 0 saturated carbocycles. The van der Waals surface area contributed by atoms with E-state index in [4.69, 9.17) is 27.9 Å². The number of ether oxygens (including phenoxy) is 1. The molecule has 348 valence electrons. The van der Waals surface area contributed by atoms with Crippen LogP contribution in [0.1, 0.15) is 90.4 Å². The normalized spacial score (nSPS) is 15.9. The molecule has 4 aromatic rings. The zero-order valence-corrected chi connectivity index (χ0v) is 36.9. The van der Waals surface area contributed by atoms with E-state index < -0.39 is 65.8 Å². The third-order valence-corrected chi connectivity index (χ3v) is 11.6. The first-order valence-electron chi connectivity index (χ1n) is 21.0. The largest absolute Gasteiger partial charge is 0.483 e. The number of benzene rings is 3. The van der Waals surface area contributed by atoms with Crippen LogP contribution in [-0.2, 0) is 24.0 Å². The second-order valence-corrected chi connectivity index (χ2v) is 16.3. The van der Waals surface area contributed by atoms with Gasteiger partial charge in [0.1, 0.15) is 17.5 Å². The summed E-state index contributed by atoms with van der Waals surface area (Å²) in [4.78, 5) is 130. The van der Waals surface area contributed by atoms with E-state index in [2.05, 4.69) is 42.1 Å². The smallest absolute Gasteiger partial charge is 0.271 e. The number of carbonyl (C=O) groups is 10. The number of piperidine rings is 2. The van der Waals surface area contributed by atoms with E-state index in [0.29, 0.717) is 31.6 Å².